The maximum Gasteiger partial charge on any atom is 0.335 e. The van der Waals surface area contributed by atoms with E-state index in [0.717, 1.165) is 7.11 Å². The lowest BCUT2D eigenvalue weighted by molar-refractivity contribution is -0.143. The number of amides is 3. The van der Waals surface area contributed by atoms with Crippen molar-refractivity contribution in [3.05, 3.63) is 54.6 Å². The van der Waals surface area contributed by atoms with Gasteiger partial charge < -0.3 is 31.3 Å². The van der Waals surface area contributed by atoms with Crippen LogP contribution < -0.4 is 16.0 Å². The van der Waals surface area contributed by atoms with Crippen molar-refractivity contribution < 1.29 is 39.3 Å². The van der Waals surface area contributed by atoms with Crippen molar-refractivity contribution in [3.8, 4) is 0 Å². The zero-order valence-corrected chi connectivity index (χ0v) is 26.0. The average Bonchev–Trinajstić information content (AvgIpc) is 2.90. The van der Waals surface area contributed by atoms with Crippen LogP contribution in [0.1, 0.15) is 85.0 Å². The molecule has 11 heteroatoms. The third-order valence-electron chi connectivity index (χ3n) is 4.24. The number of aromatic carboxylic acids is 1. The molecule has 0 aromatic heterocycles. The molecule has 11 nitrogen and oxygen atoms in total. The lowest BCUT2D eigenvalue weighted by Crippen LogP contribution is -2.46. The molecule has 0 heterocycles. The summed E-state index contributed by atoms with van der Waals surface area (Å²) in [6.07, 6.45) is 5.32. The monoisotopic (exact) mass is 581 g/mol. The van der Waals surface area contributed by atoms with E-state index in [2.05, 4.69) is 22.5 Å². The minimum absolute atomic E-state index is 0.0216. The molecule has 0 saturated carbocycles. The van der Waals surface area contributed by atoms with Crippen molar-refractivity contribution in [2.45, 2.75) is 86.7 Å². The molecule has 1 unspecified atom stereocenters. The topological polar surface area (TPSA) is 182 Å². The van der Waals surface area contributed by atoms with Crippen LogP contribution in [0.5, 0.6) is 0 Å². The number of aliphatic carboxylic acids is 1. The first-order valence-electron chi connectivity index (χ1n) is 13.3. The fraction of sp³-hybridized carbons (Fsp3) is 0.500. The number of carbonyl (C=O) groups is 5. The lowest BCUT2D eigenvalue weighted by Gasteiger charge is -2.18. The number of nitrogens with one attached hydrogen (secondary N) is 3. The molecule has 0 saturated heterocycles. The zero-order chi connectivity index (χ0) is 33.0. The van der Waals surface area contributed by atoms with E-state index in [1.165, 1.54) is 24.3 Å². The highest BCUT2D eigenvalue weighted by Crippen LogP contribution is 2.11. The molecule has 3 amide bonds. The van der Waals surface area contributed by atoms with Crippen LogP contribution in [0, 0.1) is 5.92 Å². The second-order valence-electron chi connectivity index (χ2n) is 8.44. The van der Waals surface area contributed by atoms with E-state index in [0.29, 0.717) is 5.69 Å². The van der Waals surface area contributed by atoms with Gasteiger partial charge in [-0.15, -0.1) is 6.58 Å². The van der Waals surface area contributed by atoms with Gasteiger partial charge in [0.1, 0.15) is 6.04 Å². The number of carboxylic acid groups (broad SMARTS) is 2. The van der Waals surface area contributed by atoms with Crippen molar-refractivity contribution in [2.75, 3.05) is 12.4 Å². The Morgan fingerprint density at radius 2 is 1.32 bits per heavy atom. The molecule has 41 heavy (non-hydrogen) atoms. The molecule has 0 bridgehead atoms. The summed E-state index contributed by atoms with van der Waals surface area (Å²) >= 11 is 0. The maximum atomic E-state index is 12.1. The molecule has 2 atom stereocenters. The van der Waals surface area contributed by atoms with Gasteiger partial charge in [-0.25, -0.2) is 9.59 Å². The molecule has 0 aliphatic carbocycles. The summed E-state index contributed by atoms with van der Waals surface area (Å²) in [4.78, 5) is 58.2. The van der Waals surface area contributed by atoms with Crippen molar-refractivity contribution >= 4 is 35.3 Å². The van der Waals surface area contributed by atoms with Crippen LogP contribution in [-0.4, -0.2) is 64.2 Å². The van der Waals surface area contributed by atoms with E-state index in [1.54, 1.807) is 13.0 Å². The number of allylic oxidation sites excluding steroid dienone is 3. The largest absolute Gasteiger partial charge is 0.480 e. The SMILES string of the molecule is C/C=C\C.C=CC.CC.CC(C)CC(=O)NC(CC(=O)N[C@@H](C)CC(=O)Nc1cccc(C(=O)O)c1)C(=O)O.CO. The Morgan fingerprint density at radius 3 is 1.73 bits per heavy atom. The molecule has 6 N–H and O–H groups in total. The first-order chi connectivity index (χ1) is 19.3. The van der Waals surface area contributed by atoms with Gasteiger partial charge in [-0.05, 0) is 51.8 Å². The van der Waals surface area contributed by atoms with Crippen LogP contribution in [0.15, 0.2) is 49.1 Å². The third kappa shape index (κ3) is 27.4. The molecule has 0 aliphatic heterocycles. The number of rotatable bonds is 11. The van der Waals surface area contributed by atoms with Crippen LogP contribution in [0.4, 0.5) is 5.69 Å². The summed E-state index contributed by atoms with van der Waals surface area (Å²) < 4.78 is 0. The van der Waals surface area contributed by atoms with Gasteiger partial charge in [0.2, 0.25) is 17.7 Å². The Labute approximate surface area is 245 Å². The third-order valence-corrected chi connectivity index (χ3v) is 4.24. The van der Waals surface area contributed by atoms with Gasteiger partial charge >= 0.3 is 11.9 Å². The number of carboxylic acids is 2. The molecule has 1 aromatic rings. The van der Waals surface area contributed by atoms with Gasteiger partial charge in [0.25, 0.3) is 0 Å². The number of hydrogen-bond acceptors (Lipinski definition) is 6. The van der Waals surface area contributed by atoms with Crippen LogP contribution in [0.2, 0.25) is 0 Å². The second-order valence-corrected chi connectivity index (χ2v) is 8.44. The van der Waals surface area contributed by atoms with E-state index >= 15 is 0 Å². The van der Waals surface area contributed by atoms with Crippen LogP contribution in [-0.2, 0) is 19.2 Å². The highest BCUT2D eigenvalue weighted by molar-refractivity contribution is 5.94. The fourth-order valence-corrected chi connectivity index (χ4v) is 2.61. The summed E-state index contributed by atoms with van der Waals surface area (Å²) in [5.74, 6) is -3.94. The Bertz CT molecular complexity index is 926. The van der Waals surface area contributed by atoms with E-state index in [-0.39, 0.29) is 24.3 Å². The second kappa shape index (κ2) is 29.0. The minimum Gasteiger partial charge on any atom is -0.480 e. The molecule has 234 valence electrons. The number of aliphatic hydroxyl groups is 1. The smallest absolute Gasteiger partial charge is 0.335 e. The molecule has 0 radical (unpaired) electrons. The van der Waals surface area contributed by atoms with Gasteiger partial charge in [0, 0.05) is 31.7 Å². The number of anilines is 1. The van der Waals surface area contributed by atoms with Crippen LogP contribution in [0.3, 0.4) is 0 Å². The first kappa shape index (κ1) is 44.0. The van der Waals surface area contributed by atoms with Crippen molar-refractivity contribution in [1.82, 2.24) is 10.6 Å². The standard InChI is InChI=1S/C20H27N3O7.C4H8.C3H6.C2H6.CH4O/c1-11(2)7-16(24)23-15(20(29)30)10-18(26)21-12(3)8-17(25)22-14-6-4-5-13(9-14)19(27)28;1-3-4-2;1-3-2;2*1-2/h4-6,9,11-12,15H,7-8,10H2,1-3H3,(H,21,26)(H,22,25)(H,23,24)(H,27,28)(H,29,30);3-4H,1-2H3;3H,1H2,2H3;1-2H3;2H,1H3/b;4-3-;;;/t12-,15?;;;;/m0..../s1. The molecule has 0 fully saturated rings. The minimum atomic E-state index is -1.36. The molecule has 0 spiro atoms. The van der Waals surface area contributed by atoms with Gasteiger partial charge in [-0.2, -0.15) is 0 Å². The Hall–Kier alpha value is -3.99. The summed E-state index contributed by atoms with van der Waals surface area (Å²) in [5.41, 5.74) is 0.325. The Balaban J connectivity index is -0.000000539. The highest BCUT2D eigenvalue weighted by Gasteiger charge is 2.24. The van der Waals surface area contributed by atoms with Crippen molar-refractivity contribution in [2.24, 2.45) is 5.92 Å². The Morgan fingerprint density at radius 1 is 0.829 bits per heavy atom. The van der Waals surface area contributed by atoms with Crippen molar-refractivity contribution in [1.29, 1.82) is 0 Å². The summed E-state index contributed by atoms with van der Waals surface area (Å²) in [7, 11) is 1.00. The maximum absolute atomic E-state index is 12.1. The quantitative estimate of drug-likeness (QED) is 0.204. The van der Waals surface area contributed by atoms with Crippen LogP contribution >= 0.6 is 0 Å². The van der Waals surface area contributed by atoms with Gasteiger partial charge in [-0.3, -0.25) is 14.4 Å². The molecule has 0 aliphatic rings. The summed E-state index contributed by atoms with van der Waals surface area (Å²) in [5, 5.41) is 32.5. The number of hydrogen-bond donors (Lipinski definition) is 6. The van der Waals surface area contributed by atoms with E-state index in [1.807, 2.05) is 60.6 Å². The van der Waals surface area contributed by atoms with E-state index in [9.17, 15) is 29.1 Å². The normalized spacial score (nSPS) is 10.7. The average molecular weight is 582 g/mol. The fourth-order valence-electron chi connectivity index (χ4n) is 2.61. The van der Waals surface area contributed by atoms with Gasteiger partial charge in [0.15, 0.2) is 0 Å². The van der Waals surface area contributed by atoms with Crippen molar-refractivity contribution in [3.63, 3.8) is 0 Å². The van der Waals surface area contributed by atoms with E-state index < -0.39 is 48.2 Å². The highest BCUT2D eigenvalue weighted by atomic mass is 16.4. The van der Waals surface area contributed by atoms with E-state index in [4.69, 9.17) is 10.2 Å². The zero-order valence-electron chi connectivity index (χ0n) is 26.0. The summed E-state index contributed by atoms with van der Waals surface area (Å²) in [6, 6.07) is 3.74. The molecular formula is C30H51N3O8. The Kier molecular flexibility index (Phi) is 31.2. The number of benzene rings is 1. The first-order valence-corrected chi connectivity index (χ1v) is 13.3. The molecule has 1 rings (SSSR count). The van der Waals surface area contributed by atoms with Gasteiger partial charge in [-0.1, -0.05) is 52.0 Å². The van der Waals surface area contributed by atoms with Gasteiger partial charge in [0.05, 0.1) is 12.0 Å². The predicted molar refractivity (Wildman–Crippen MR) is 164 cm³/mol. The number of aliphatic hydroxyl groups excluding tert-OH is 1. The van der Waals surface area contributed by atoms with Crippen LogP contribution in [0.25, 0.3) is 0 Å². The predicted octanol–water partition coefficient (Wildman–Crippen LogP) is 4.63. The number of carbonyl (C=O) groups excluding carboxylic acids is 3. The lowest BCUT2D eigenvalue weighted by atomic mass is 10.1. The molecule has 1 aromatic carbocycles. The molecular weight excluding hydrogens is 530 g/mol. The summed E-state index contributed by atoms with van der Waals surface area (Å²) in [6.45, 7) is 18.4.